The van der Waals surface area contributed by atoms with Gasteiger partial charge in [0.25, 0.3) is 0 Å². The molecule has 86 valence electrons. The molecule has 0 rings (SSSR count). The van der Waals surface area contributed by atoms with Crippen molar-refractivity contribution in [3.05, 3.63) is 36.5 Å². The highest BCUT2D eigenvalue weighted by Gasteiger charge is 2.27. The molecule has 1 heteroatoms. The highest BCUT2D eigenvalue weighted by Crippen LogP contribution is 2.25. The molecule has 0 radical (unpaired) electrons. The molecule has 0 saturated carbocycles. The van der Waals surface area contributed by atoms with Crippen molar-refractivity contribution < 1.29 is 0 Å². The Hall–Kier alpha value is -0.820. The standard InChI is InChI=1S/C14H25N/c1-8-10-11-13(9-2)14(5,6)15(7)12(3)4/h8-12H,1H2,2-7H3/b11-10-,13-9+. The molecule has 0 aromatic heterocycles. The fourth-order valence-electron chi connectivity index (χ4n) is 1.67. The molecule has 0 aromatic rings. The smallest absolute Gasteiger partial charge is 0.0400 e. The average molecular weight is 207 g/mol. The quantitative estimate of drug-likeness (QED) is 0.620. The van der Waals surface area contributed by atoms with Crippen molar-refractivity contribution >= 4 is 0 Å². The number of likely N-dealkylation sites (N-methyl/N-ethyl adjacent to an activating group) is 1. The van der Waals surface area contributed by atoms with E-state index < -0.39 is 0 Å². The van der Waals surface area contributed by atoms with Crippen molar-refractivity contribution in [2.24, 2.45) is 0 Å². The lowest BCUT2D eigenvalue weighted by Crippen LogP contribution is -2.46. The molecule has 0 heterocycles. The fraction of sp³-hybridized carbons (Fsp3) is 0.571. The Bertz CT molecular complexity index is 257. The number of allylic oxidation sites excluding steroid dienone is 3. The Labute approximate surface area is 95.2 Å². The third kappa shape index (κ3) is 3.67. The van der Waals surface area contributed by atoms with Crippen molar-refractivity contribution in [3.8, 4) is 0 Å². The van der Waals surface area contributed by atoms with E-state index in [1.54, 1.807) is 0 Å². The second kappa shape index (κ2) is 5.92. The molecule has 0 spiro atoms. The third-order valence-electron chi connectivity index (χ3n) is 3.09. The number of nitrogens with zero attached hydrogens (tertiary/aromatic N) is 1. The van der Waals surface area contributed by atoms with Gasteiger partial charge in [0.05, 0.1) is 0 Å². The maximum atomic E-state index is 3.70. The van der Waals surface area contributed by atoms with E-state index in [1.165, 1.54) is 5.57 Å². The molecule has 0 aromatic carbocycles. The van der Waals surface area contributed by atoms with Crippen molar-refractivity contribution in [1.29, 1.82) is 0 Å². The van der Waals surface area contributed by atoms with Gasteiger partial charge in [-0.25, -0.2) is 0 Å². The molecule has 0 unspecified atom stereocenters. The second-order valence-electron chi connectivity index (χ2n) is 4.60. The molecule has 0 atom stereocenters. The van der Waals surface area contributed by atoms with Gasteiger partial charge in [-0.1, -0.05) is 30.9 Å². The first-order valence-electron chi connectivity index (χ1n) is 5.56. The minimum Gasteiger partial charge on any atom is -0.295 e. The van der Waals surface area contributed by atoms with Crippen molar-refractivity contribution in [1.82, 2.24) is 4.90 Å². The number of rotatable bonds is 5. The van der Waals surface area contributed by atoms with Gasteiger partial charge < -0.3 is 0 Å². The molecule has 0 N–H and O–H groups in total. The minimum absolute atomic E-state index is 0.0580. The van der Waals surface area contributed by atoms with E-state index in [2.05, 4.69) is 65.3 Å². The summed E-state index contributed by atoms with van der Waals surface area (Å²) in [5.41, 5.74) is 1.38. The summed E-state index contributed by atoms with van der Waals surface area (Å²) >= 11 is 0. The SMILES string of the molecule is C=C/C=C\C(=C/C)C(C)(C)N(C)C(C)C. The lowest BCUT2D eigenvalue weighted by molar-refractivity contribution is 0.153. The highest BCUT2D eigenvalue weighted by molar-refractivity contribution is 5.30. The summed E-state index contributed by atoms with van der Waals surface area (Å²) in [6, 6.07) is 0.534. The van der Waals surface area contributed by atoms with Crippen LogP contribution in [0.15, 0.2) is 36.5 Å². The zero-order chi connectivity index (χ0) is 12.1. The highest BCUT2D eigenvalue weighted by atomic mass is 15.2. The summed E-state index contributed by atoms with van der Waals surface area (Å²) in [4.78, 5) is 2.37. The second-order valence-corrected chi connectivity index (χ2v) is 4.60. The normalized spacial score (nSPS) is 14.3. The number of hydrogen-bond acceptors (Lipinski definition) is 1. The molecule has 0 saturated heterocycles. The van der Waals surface area contributed by atoms with E-state index in [0.29, 0.717) is 6.04 Å². The zero-order valence-corrected chi connectivity index (χ0v) is 11.0. The van der Waals surface area contributed by atoms with Crippen LogP contribution in [0.5, 0.6) is 0 Å². The molecule has 0 amide bonds. The predicted molar refractivity (Wildman–Crippen MR) is 70.1 cm³/mol. The van der Waals surface area contributed by atoms with Crippen LogP contribution in [-0.4, -0.2) is 23.5 Å². The first kappa shape index (κ1) is 14.2. The van der Waals surface area contributed by atoms with Crippen LogP contribution in [0.25, 0.3) is 0 Å². The van der Waals surface area contributed by atoms with E-state index in [4.69, 9.17) is 0 Å². The Kier molecular flexibility index (Phi) is 5.59. The van der Waals surface area contributed by atoms with Gasteiger partial charge in [-0.05, 0) is 47.2 Å². The predicted octanol–water partition coefficient (Wildman–Crippen LogP) is 3.79. The molecule has 15 heavy (non-hydrogen) atoms. The van der Waals surface area contributed by atoms with Gasteiger partial charge in [-0.15, -0.1) is 0 Å². The first-order chi connectivity index (χ1) is 6.87. The van der Waals surface area contributed by atoms with Gasteiger partial charge in [0.2, 0.25) is 0 Å². The molecule has 0 fully saturated rings. The summed E-state index contributed by atoms with van der Waals surface area (Å²) in [5, 5.41) is 0. The largest absolute Gasteiger partial charge is 0.295 e. The zero-order valence-electron chi connectivity index (χ0n) is 11.0. The maximum Gasteiger partial charge on any atom is 0.0400 e. The Balaban J connectivity index is 4.97. The fourth-order valence-corrected chi connectivity index (χ4v) is 1.67. The van der Waals surface area contributed by atoms with Crippen LogP contribution in [0.4, 0.5) is 0 Å². The van der Waals surface area contributed by atoms with Gasteiger partial charge in [0.15, 0.2) is 0 Å². The van der Waals surface area contributed by atoms with Gasteiger partial charge in [-0.2, -0.15) is 0 Å². The Morgan fingerprint density at radius 3 is 2.20 bits per heavy atom. The first-order valence-corrected chi connectivity index (χ1v) is 5.56. The van der Waals surface area contributed by atoms with Gasteiger partial charge in [-0.3, -0.25) is 4.90 Å². The maximum absolute atomic E-state index is 3.70. The molecule has 0 bridgehead atoms. The molecular formula is C14H25N. The van der Waals surface area contributed by atoms with Crippen LogP contribution < -0.4 is 0 Å². The molecule has 1 nitrogen and oxygen atoms in total. The summed E-state index contributed by atoms with van der Waals surface area (Å²) in [5.74, 6) is 0. The Morgan fingerprint density at radius 1 is 1.33 bits per heavy atom. The van der Waals surface area contributed by atoms with Crippen LogP contribution in [0.1, 0.15) is 34.6 Å². The van der Waals surface area contributed by atoms with E-state index in [-0.39, 0.29) is 5.54 Å². The molecule has 0 aliphatic heterocycles. The average Bonchev–Trinajstić information content (AvgIpc) is 2.17. The third-order valence-corrected chi connectivity index (χ3v) is 3.09. The van der Waals surface area contributed by atoms with Crippen LogP contribution in [0.2, 0.25) is 0 Å². The lowest BCUT2D eigenvalue weighted by Gasteiger charge is -2.39. The monoisotopic (exact) mass is 207 g/mol. The molecule has 0 aliphatic rings. The lowest BCUT2D eigenvalue weighted by atomic mass is 9.90. The van der Waals surface area contributed by atoms with Crippen molar-refractivity contribution in [3.63, 3.8) is 0 Å². The van der Waals surface area contributed by atoms with E-state index >= 15 is 0 Å². The summed E-state index contributed by atoms with van der Waals surface area (Å²) < 4.78 is 0. The van der Waals surface area contributed by atoms with E-state index in [1.807, 2.05) is 12.2 Å². The van der Waals surface area contributed by atoms with Crippen LogP contribution in [0, 0.1) is 0 Å². The van der Waals surface area contributed by atoms with Gasteiger partial charge in [0, 0.05) is 11.6 Å². The van der Waals surface area contributed by atoms with Crippen LogP contribution in [0.3, 0.4) is 0 Å². The van der Waals surface area contributed by atoms with Crippen LogP contribution >= 0.6 is 0 Å². The van der Waals surface area contributed by atoms with Crippen LogP contribution in [-0.2, 0) is 0 Å². The van der Waals surface area contributed by atoms with E-state index in [0.717, 1.165) is 0 Å². The Morgan fingerprint density at radius 2 is 1.87 bits per heavy atom. The molecule has 0 aliphatic carbocycles. The summed E-state index contributed by atoms with van der Waals surface area (Å²) in [6.45, 7) is 14.7. The van der Waals surface area contributed by atoms with Gasteiger partial charge >= 0.3 is 0 Å². The van der Waals surface area contributed by atoms with Crippen molar-refractivity contribution in [2.75, 3.05) is 7.05 Å². The minimum atomic E-state index is 0.0580. The topological polar surface area (TPSA) is 3.24 Å². The van der Waals surface area contributed by atoms with Crippen molar-refractivity contribution in [2.45, 2.75) is 46.2 Å². The summed E-state index contributed by atoms with van der Waals surface area (Å²) in [6.07, 6.45) is 8.10. The summed E-state index contributed by atoms with van der Waals surface area (Å²) in [7, 11) is 2.16. The van der Waals surface area contributed by atoms with E-state index in [9.17, 15) is 0 Å². The molecular weight excluding hydrogens is 182 g/mol. The van der Waals surface area contributed by atoms with Gasteiger partial charge in [0.1, 0.15) is 0 Å². The number of hydrogen-bond donors (Lipinski definition) is 0.